The number of aromatic nitrogens is 2. The van der Waals surface area contributed by atoms with Gasteiger partial charge in [0, 0.05) is 32.4 Å². The van der Waals surface area contributed by atoms with E-state index in [0.717, 1.165) is 6.42 Å². The Bertz CT molecular complexity index is 324. The van der Waals surface area contributed by atoms with Gasteiger partial charge >= 0.3 is 0 Å². The fraction of sp³-hybridized carbons (Fsp3) is 0.600. The Morgan fingerprint density at radius 2 is 2.38 bits per heavy atom. The maximum atomic E-state index is 11.5. The van der Waals surface area contributed by atoms with E-state index in [1.54, 1.807) is 17.1 Å². The van der Waals surface area contributed by atoms with Crippen molar-refractivity contribution in [1.82, 2.24) is 14.9 Å². The maximum absolute atomic E-state index is 11.5. The van der Waals surface area contributed by atoms with E-state index < -0.39 is 0 Å². The van der Waals surface area contributed by atoms with Gasteiger partial charge in [-0.1, -0.05) is 0 Å². The second-order valence-electron chi connectivity index (χ2n) is 3.47. The van der Waals surface area contributed by atoms with Gasteiger partial charge in [0.25, 0.3) is 5.91 Å². The molecule has 1 heterocycles. The topological polar surface area (TPSA) is 93.2 Å². The zero-order valence-corrected chi connectivity index (χ0v) is 9.22. The number of unbranched alkanes of at least 4 members (excludes halogenated alkanes) is 1. The van der Waals surface area contributed by atoms with Crippen LogP contribution in [0.5, 0.6) is 0 Å². The van der Waals surface area contributed by atoms with Crippen molar-refractivity contribution in [3.63, 3.8) is 0 Å². The molecule has 6 heteroatoms. The molecule has 6 nitrogen and oxygen atoms in total. The van der Waals surface area contributed by atoms with Crippen LogP contribution in [0.1, 0.15) is 23.3 Å². The van der Waals surface area contributed by atoms with Crippen LogP contribution in [-0.2, 0) is 6.54 Å². The maximum Gasteiger partial charge on any atom is 0.271 e. The minimum absolute atomic E-state index is 0.154. The Balaban J connectivity index is 2.34. The molecular weight excluding hydrogens is 208 g/mol. The number of hydrogen-bond donors (Lipinski definition) is 3. The second-order valence-corrected chi connectivity index (χ2v) is 3.47. The fourth-order valence-electron chi connectivity index (χ4n) is 1.28. The summed E-state index contributed by atoms with van der Waals surface area (Å²) in [6, 6.07) is 0. The molecule has 1 rings (SSSR count). The number of nitrogens with one attached hydrogen (secondary N) is 1. The van der Waals surface area contributed by atoms with Gasteiger partial charge in [-0.2, -0.15) is 0 Å². The number of rotatable bonds is 7. The summed E-state index contributed by atoms with van der Waals surface area (Å²) in [5.74, 6) is -0.186. The predicted molar refractivity (Wildman–Crippen MR) is 59.9 cm³/mol. The smallest absolute Gasteiger partial charge is 0.271 e. The van der Waals surface area contributed by atoms with Gasteiger partial charge < -0.3 is 20.7 Å². The number of aliphatic hydroxyl groups is 1. The Kier molecular flexibility index (Phi) is 5.52. The minimum atomic E-state index is -0.186. The summed E-state index contributed by atoms with van der Waals surface area (Å²) in [7, 11) is 0. The van der Waals surface area contributed by atoms with Gasteiger partial charge in [-0.05, 0) is 12.8 Å². The number of nitrogens with zero attached hydrogens (tertiary/aromatic N) is 2. The number of amides is 1. The summed E-state index contributed by atoms with van der Waals surface area (Å²) in [6.07, 6.45) is 4.73. The van der Waals surface area contributed by atoms with E-state index >= 15 is 0 Å². The standard InChI is InChI=1S/C10H18N4O2/c11-3-5-14-7-9(13-8-14)10(16)12-4-1-2-6-15/h7-8,15H,1-6,11H2,(H,12,16). The van der Waals surface area contributed by atoms with Crippen LogP contribution in [0.2, 0.25) is 0 Å². The van der Waals surface area contributed by atoms with Crippen LogP contribution in [0.15, 0.2) is 12.5 Å². The summed E-state index contributed by atoms with van der Waals surface area (Å²) in [5.41, 5.74) is 5.79. The number of nitrogens with two attached hydrogens (primary N) is 1. The van der Waals surface area contributed by atoms with Gasteiger partial charge in [0.2, 0.25) is 0 Å². The molecule has 1 amide bonds. The molecule has 0 bridgehead atoms. The molecule has 0 spiro atoms. The third-order valence-electron chi connectivity index (χ3n) is 2.12. The molecule has 0 aliphatic carbocycles. The first-order chi connectivity index (χ1) is 7.77. The van der Waals surface area contributed by atoms with Crippen molar-refractivity contribution in [3.05, 3.63) is 18.2 Å². The van der Waals surface area contributed by atoms with Crippen LogP contribution >= 0.6 is 0 Å². The highest BCUT2D eigenvalue weighted by molar-refractivity contribution is 5.91. The van der Waals surface area contributed by atoms with Gasteiger partial charge in [-0.25, -0.2) is 4.98 Å². The molecule has 0 aliphatic rings. The van der Waals surface area contributed by atoms with Crippen molar-refractivity contribution < 1.29 is 9.90 Å². The average molecular weight is 226 g/mol. The summed E-state index contributed by atoms with van der Waals surface area (Å²) in [6.45, 7) is 1.89. The molecule has 1 aromatic heterocycles. The van der Waals surface area contributed by atoms with Gasteiger partial charge in [0.15, 0.2) is 0 Å². The first kappa shape index (κ1) is 12.7. The van der Waals surface area contributed by atoms with Crippen molar-refractivity contribution in [2.24, 2.45) is 5.73 Å². The SMILES string of the molecule is NCCn1cnc(C(=O)NCCCCO)c1. The molecule has 0 aliphatic heterocycles. The third kappa shape index (κ3) is 4.00. The van der Waals surface area contributed by atoms with Crippen molar-refractivity contribution in [2.45, 2.75) is 19.4 Å². The highest BCUT2D eigenvalue weighted by Crippen LogP contribution is 1.96. The number of imidazole rings is 1. The Hall–Kier alpha value is -1.40. The van der Waals surface area contributed by atoms with Gasteiger partial charge in [-0.3, -0.25) is 4.79 Å². The monoisotopic (exact) mass is 226 g/mol. The molecule has 0 radical (unpaired) electrons. The first-order valence-corrected chi connectivity index (χ1v) is 5.39. The normalized spacial score (nSPS) is 10.4. The molecule has 0 unspecified atom stereocenters. The van der Waals surface area contributed by atoms with E-state index in [1.807, 2.05) is 0 Å². The largest absolute Gasteiger partial charge is 0.396 e. The molecule has 90 valence electrons. The van der Waals surface area contributed by atoms with E-state index in [2.05, 4.69) is 10.3 Å². The fourth-order valence-corrected chi connectivity index (χ4v) is 1.28. The molecular formula is C10H18N4O2. The molecule has 0 saturated carbocycles. The molecule has 16 heavy (non-hydrogen) atoms. The molecule has 0 saturated heterocycles. The minimum Gasteiger partial charge on any atom is -0.396 e. The zero-order valence-electron chi connectivity index (χ0n) is 9.22. The lowest BCUT2D eigenvalue weighted by Crippen LogP contribution is -2.24. The molecule has 0 aromatic carbocycles. The van der Waals surface area contributed by atoms with E-state index in [4.69, 9.17) is 10.8 Å². The first-order valence-electron chi connectivity index (χ1n) is 5.39. The summed E-state index contributed by atoms with van der Waals surface area (Å²) in [5, 5.41) is 11.3. The Morgan fingerprint density at radius 3 is 3.06 bits per heavy atom. The van der Waals surface area contributed by atoms with Crippen LogP contribution in [0.25, 0.3) is 0 Å². The highest BCUT2D eigenvalue weighted by Gasteiger charge is 2.07. The molecule has 1 aromatic rings. The highest BCUT2D eigenvalue weighted by atomic mass is 16.2. The average Bonchev–Trinajstić information content (AvgIpc) is 2.73. The number of carbonyl (C=O) groups excluding carboxylic acids is 1. The van der Waals surface area contributed by atoms with Crippen molar-refractivity contribution in [2.75, 3.05) is 19.7 Å². The van der Waals surface area contributed by atoms with Crippen LogP contribution in [0.3, 0.4) is 0 Å². The Morgan fingerprint density at radius 1 is 1.56 bits per heavy atom. The lowest BCUT2D eigenvalue weighted by atomic mass is 10.3. The quantitative estimate of drug-likeness (QED) is 0.538. The predicted octanol–water partition coefficient (Wildman–Crippen LogP) is -0.656. The lowest BCUT2D eigenvalue weighted by Gasteiger charge is -2.01. The van der Waals surface area contributed by atoms with Crippen molar-refractivity contribution >= 4 is 5.91 Å². The van der Waals surface area contributed by atoms with Crippen LogP contribution in [0.4, 0.5) is 0 Å². The summed E-state index contributed by atoms with van der Waals surface area (Å²) in [4.78, 5) is 15.5. The molecule has 4 N–H and O–H groups in total. The van der Waals surface area contributed by atoms with Gasteiger partial charge in [0.05, 0.1) is 6.33 Å². The number of aliphatic hydroxyl groups excluding tert-OH is 1. The van der Waals surface area contributed by atoms with E-state index in [9.17, 15) is 4.79 Å². The van der Waals surface area contributed by atoms with Crippen LogP contribution in [-0.4, -0.2) is 40.3 Å². The second kappa shape index (κ2) is 6.97. The van der Waals surface area contributed by atoms with Crippen LogP contribution < -0.4 is 11.1 Å². The summed E-state index contributed by atoms with van der Waals surface area (Å²) >= 11 is 0. The summed E-state index contributed by atoms with van der Waals surface area (Å²) < 4.78 is 1.78. The van der Waals surface area contributed by atoms with Gasteiger partial charge in [-0.15, -0.1) is 0 Å². The zero-order chi connectivity index (χ0) is 11.8. The van der Waals surface area contributed by atoms with E-state index in [-0.39, 0.29) is 12.5 Å². The van der Waals surface area contributed by atoms with Crippen molar-refractivity contribution in [1.29, 1.82) is 0 Å². The van der Waals surface area contributed by atoms with E-state index in [1.165, 1.54) is 0 Å². The lowest BCUT2D eigenvalue weighted by molar-refractivity contribution is 0.0947. The molecule has 0 atom stereocenters. The van der Waals surface area contributed by atoms with Crippen molar-refractivity contribution in [3.8, 4) is 0 Å². The van der Waals surface area contributed by atoms with Crippen LogP contribution in [0, 0.1) is 0 Å². The van der Waals surface area contributed by atoms with Gasteiger partial charge in [0.1, 0.15) is 5.69 Å². The Labute approximate surface area is 94.5 Å². The number of hydrogen-bond acceptors (Lipinski definition) is 4. The third-order valence-corrected chi connectivity index (χ3v) is 2.12. The molecule has 0 fully saturated rings. The number of carbonyl (C=O) groups is 1. The van der Waals surface area contributed by atoms with E-state index in [0.29, 0.717) is 31.7 Å².